The molecule has 0 aliphatic carbocycles. The number of imide groups is 1. The van der Waals surface area contributed by atoms with Crippen molar-refractivity contribution in [3.8, 4) is 0 Å². The van der Waals surface area contributed by atoms with Gasteiger partial charge in [0.25, 0.3) is 0 Å². The number of hydrogen-bond acceptors (Lipinski definition) is 3. The molecule has 0 saturated carbocycles. The Labute approximate surface area is 83.4 Å². The first kappa shape index (κ1) is 9.65. The third kappa shape index (κ3) is 1.95. The molecule has 1 unspecified atom stereocenters. The number of amides is 2. The number of hydrogen-bond donors (Lipinski definition) is 2. The highest BCUT2D eigenvalue weighted by atomic mass is 16.2. The van der Waals surface area contributed by atoms with Gasteiger partial charge in [-0.1, -0.05) is 0 Å². The topological polar surface area (TPSA) is 58.2 Å². The van der Waals surface area contributed by atoms with Gasteiger partial charge in [-0.3, -0.25) is 14.9 Å². The molecule has 0 aromatic heterocycles. The van der Waals surface area contributed by atoms with Crippen LogP contribution in [-0.4, -0.2) is 24.9 Å². The van der Waals surface area contributed by atoms with Gasteiger partial charge >= 0.3 is 0 Å². The summed E-state index contributed by atoms with van der Waals surface area (Å²) in [5, 5.41) is 5.72. The molecule has 2 heterocycles. The van der Waals surface area contributed by atoms with Gasteiger partial charge < -0.3 is 5.32 Å². The largest absolute Gasteiger partial charge is 0.316 e. The predicted octanol–water partition coefficient (Wildman–Crippen LogP) is 0.0388. The van der Waals surface area contributed by atoms with Gasteiger partial charge in [-0.2, -0.15) is 0 Å². The number of nitrogens with one attached hydrogen (secondary N) is 2. The lowest BCUT2D eigenvalue weighted by Gasteiger charge is -2.31. The van der Waals surface area contributed by atoms with Gasteiger partial charge in [0.1, 0.15) is 0 Å². The number of carbonyl (C=O) groups excluding carboxylic acids is 2. The first-order chi connectivity index (χ1) is 6.77. The van der Waals surface area contributed by atoms with E-state index in [0.29, 0.717) is 12.3 Å². The van der Waals surface area contributed by atoms with Crippen molar-refractivity contribution in [2.24, 2.45) is 11.8 Å². The normalized spacial score (nSPS) is 34.0. The summed E-state index contributed by atoms with van der Waals surface area (Å²) >= 11 is 0. The highest BCUT2D eigenvalue weighted by molar-refractivity contribution is 5.98. The molecular weight excluding hydrogens is 180 g/mol. The Morgan fingerprint density at radius 1 is 1.21 bits per heavy atom. The van der Waals surface area contributed by atoms with Crippen LogP contribution in [0.15, 0.2) is 0 Å². The van der Waals surface area contributed by atoms with Gasteiger partial charge in [0.2, 0.25) is 11.8 Å². The molecule has 0 bridgehead atoms. The Bertz CT molecular complexity index is 247. The quantitative estimate of drug-likeness (QED) is 0.582. The Morgan fingerprint density at radius 3 is 2.71 bits per heavy atom. The zero-order chi connectivity index (χ0) is 9.97. The lowest BCUT2D eigenvalue weighted by Crippen LogP contribution is -2.47. The molecule has 78 valence electrons. The van der Waals surface area contributed by atoms with E-state index >= 15 is 0 Å². The Hall–Kier alpha value is -0.900. The van der Waals surface area contributed by atoms with Gasteiger partial charge in [0, 0.05) is 12.3 Å². The van der Waals surface area contributed by atoms with Crippen molar-refractivity contribution in [2.45, 2.75) is 25.7 Å². The molecule has 4 nitrogen and oxygen atoms in total. The average molecular weight is 196 g/mol. The molecule has 14 heavy (non-hydrogen) atoms. The third-order valence-corrected chi connectivity index (χ3v) is 3.19. The average Bonchev–Trinajstić information content (AvgIpc) is 2.19. The molecule has 2 fully saturated rings. The highest BCUT2D eigenvalue weighted by Crippen LogP contribution is 2.26. The number of carbonyl (C=O) groups is 2. The molecule has 4 heteroatoms. The molecule has 2 rings (SSSR count). The fraction of sp³-hybridized carbons (Fsp3) is 0.800. The van der Waals surface area contributed by atoms with E-state index in [9.17, 15) is 9.59 Å². The van der Waals surface area contributed by atoms with Crippen LogP contribution in [0.2, 0.25) is 0 Å². The van der Waals surface area contributed by atoms with Crippen molar-refractivity contribution in [2.75, 3.05) is 13.1 Å². The van der Waals surface area contributed by atoms with Crippen molar-refractivity contribution >= 4 is 11.8 Å². The van der Waals surface area contributed by atoms with Crippen LogP contribution in [0.5, 0.6) is 0 Å². The molecule has 2 saturated heterocycles. The summed E-state index contributed by atoms with van der Waals surface area (Å²) in [6.07, 6.45) is 3.49. The summed E-state index contributed by atoms with van der Waals surface area (Å²) in [6.45, 7) is 1.98. The molecule has 2 atom stereocenters. The Kier molecular flexibility index (Phi) is 2.82. The maximum absolute atomic E-state index is 11.5. The van der Waals surface area contributed by atoms with Crippen LogP contribution in [0.4, 0.5) is 0 Å². The van der Waals surface area contributed by atoms with Crippen LogP contribution in [0.3, 0.4) is 0 Å². The number of rotatable bonds is 1. The van der Waals surface area contributed by atoms with Gasteiger partial charge in [-0.25, -0.2) is 0 Å². The molecular formula is C10H16N2O2. The van der Waals surface area contributed by atoms with Crippen LogP contribution in [-0.2, 0) is 9.59 Å². The van der Waals surface area contributed by atoms with Crippen molar-refractivity contribution < 1.29 is 9.59 Å². The van der Waals surface area contributed by atoms with Crippen molar-refractivity contribution in [3.63, 3.8) is 0 Å². The zero-order valence-corrected chi connectivity index (χ0v) is 8.21. The van der Waals surface area contributed by atoms with Crippen molar-refractivity contribution in [3.05, 3.63) is 0 Å². The van der Waals surface area contributed by atoms with E-state index in [1.807, 2.05) is 0 Å². The Morgan fingerprint density at radius 2 is 2.07 bits per heavy atom. The van der Waals surface area contributed by atoms with E-state index < -0.39 is 0 Å². The van der Waals surface area contributed by atoms with Gasteiger partial charge in [0.15, 0.2) is 0 Å². The fourth-order valence-corrected chi connectivity index (χ4v) is 2.38. The molecule has 0 aromatic carbocycles. The predicted molar refractivity (Wildman–Crippen MR) is 51.5 cm³/mol. The minimum absolute atomic E-state index is 0.0560. The summed E-state index contributed by atoms with van der Waals surface area (Å²) < 4.78 is 0. The van der Waals surface area contributed by atoms with Crippen LogP contribution >= 0.6 is 0 Å². The Balaban J connectivity index is 1.95. The van der Waals surface area contributed by atoms with Gasteiger partial charge in [0.05, 0.1) is 0 Å². The van der Waals surface area contributed by atoms with E-state index in [-0.39, 0.29) is 17.7 Å². The zero-order valence-electron chi connectivity index (χ0n) is 8.21. The summed E-state index contributed by atoms with van der Waals surface area (Å²) in [7, 11) is 0. The fourth-order valence-electron chi connectivity index (χ4n) is 2.38. The molecule has 0 radical (unpaired) electrons. The van der Waals surface area contributed by atoms with E-state index in [1.54, 1.807) is 0 Å². The third-order valence-electron chi connectivity index (χ3n) is 3.19. The SMILES string of the molecule is O=C1CC[C@H](C2CCCNC2)C(=O)N1. The second kappa shape index (κ2) is 4.09. The first-order valence-corrected chi connectivity index (χ1v) is 5.32. The second-order valence-electron chi connectivity index (χ2n) is 4.16. The molecule has 2 aliphatic rings. The maximum Gasteiger partial charge on any atom is 0.230 e. The van der Waals surface area contributed by atoms with Crippen LogP contribution in [0.25, 0.3) is 0 Å². The van der Waals surface area contributed by atoms with E-state index in [2.05, 4.69) is 10.6 Å². The first-order valence-electron chi connectivity index (χ1n) is 5.32. The minimum atomic E-state index is -0.116. The second-order valence-corrected chi connectivity index (χ2v) is 4.16. The molecule has 2 N–H and O–H groups in total. The monoisotopic (exact) mass is 196 g/mol. The summed E-state index contributed by atoms with van der Waals surface area (Å²) in [5.74, 6) is 0.308. The van der Waals surface area contributed by atoms with Gasteiger partial charge in [-0.05, 0) is 38.3 Å². The van der Waals surface area contributed by atoms with E-state index in [0.717, 1.165) is 32.4 Å². The van der Waals surface area contributed by atoms with E-state index in [4.69, 9.17) is 0 Å². The lowest BCUT2D eigenvalue weighted by atomic mass is 9.81. The summed E-state index contributed by atoms with van der Waals surface area (Å²) in [6, 6.07) is 0. The minimum Gasteiger partial charge on any atom is -0.316 e. The highest BCUT2D eigenvalue weighted by Gasteiger charge is 2.33. The van der Waals surface area contributed by atoms with Crippen molar-refractivity contribution in [1.29, 1.82) is 0 Å². The molecule has 2 amide bonds. The van der Waals surface area contributed by atoms with Crippen molar-refractivity contribution in [1.82, 2.24) is 10.6 Å². The van der Waals surface area contributed by atoms with Gasteiger partial charge in [-0.15, -0.1) is 0 Å². The molecule has 0 spiro atoms. The summed E-state index contributed by atoms with van der Waals surface area (Å²) in [4.78, 5) is 22.5. The summed E-state index contributed by atoms with van der Waals surface area (Å²) in [5.41, 5.74) is 0. The smallest absolute Gasteiger partial charge is 0.230 e. The molecule has 0 aromatic rings. The number of piperidine rings is 2. The maximum atomic E-state index is 11.5. The van der Waals surface area contributed by atoms with Crippen LogP contribution in [0.1, 0.15) is 25.7 Å². The van der Waals surface area contributed by atoms with Crippen LogP contribution < -0.4 is 10.6 Å². The molecule has 2 aliphatic heterocycles. The van der Waals surface area contributed by atoms with Crippen LogP contribution in [0, 0.1) is 11.8 Å². The standard InChI is InChI=1S/C10H16N2O2/c13-9-4-3-8(10(14)12-9)7-2-1-5-11-6-7/h7-8,11H,1-6H2,(H,12,13,14)/t7?,8-/m1/s1. The lowest BCUT2D eigenvalue weighted by molar-refractivity contribution is -0.138. The van der Waals surface area contributed by atoms with E-state index in [1.165, 1.54) is 0 Å².